The summed E-state index contributed by atoms with van der Waals surface area (Å²) in [5.74, 6) is 3.26. The van der Waals surface area contributed by atoms with Crippen LogP contribution in [0.15, 0.2) is 134 Å². The van der Waals surface area contributed by atoms with E-state index in [2.05, 4.69) is 122 Å². The third kappa shape index (κ3) is 2.53. The minimum atomic E-state index is -0.687. The van der Waals surface area contributed by atoms with E-state index in [0.29, 0.717) is 0 Å². The molecule has 7 aromatic rings. The molecule has 41 heavy (non-hydrogen) atoms. The van der Waals surface area contributed by atoms with Crippen LogP contribution in [-0.2, 0) is 5.66 Å². The molecule has 0 N–H and O–H groups in total. The van der Waals surface area contributed by atoms with Gasteiger partial charge in [-0.15, -0.1) is 4.68 Å². The fourth-order valence-electron chi connectivity index (χ4n) is 7.02. The van der Waals surface area contributed by atoms with E-state index in [1.165, 1.54) is 16.8 Å². The zero-order valence-corrected chi connectivity index (χ0v) is 21.8. The second-order valence-corrected chi connectivity index (χ2v) is 10.8. The van der Waals surface area contributed by atoms with Crippen LogP contribution in [0.1, 0.15) is 11.1 Å². The molecular weight excluding hydrogens is 508 g/mol. The van der Waals surface area contributed by atoms with Gasteiger partial charge in [-0.1, -0.05) is 47.0 Å². The lowest BCUT2D eigenvalue weighted by Gasteiger charge is -2.31. The molecule has 4 aromatic heterocycles. The molecule has 6 nitrogen and oxygen atoms in total. The second kappa shape index (κ2) is 7.31. The molecular formula is C35H22N4O2+2. The van der Waals surface area contributed by atoms with Gasteiger partial charge < -0.3 is 13.9 Å². The van der Waals surface area contributed by atoms with Crippen LogP contribution < -0.4 is 18.7 Å². The molecule has 0 bridgehead atoms. The zero-order valence-electron chi connectivity index (χ0n) is 21.8. The van der Waals surface area contributed by atoms with E-state index in [4.69, 9.17) is 9.47 Å². The Balaban J connectivity index is 1.20. The third-order valence-electron chi connectivity index (χ3n) is 8.71. The average Bonchev–Trinajstić information content (AvgIpc) is 3.72. The van der Waals surface area contributed by atoms with Crippen molar-refractivity contribution in [2.75, 3.05) is 0 Å². The third-order valence-corrected chi connectivity index (χ3v) is 8.71. The number of benzene rings is 3. The van der Waals surface area contributed by atoms with Gasteiger partial charge in [-0.3, -0.25) is 0 Å². The SMILES string of the molecule is c1cc2c3c(c1)Oc1cccc[n+]1C31c3c(cccc3-n3cc(-c4ccc(-c5ccc6ccccn56)cc4)c[n+]31)O2. The predicted octanol–water partition coefficient (Wildman–Crippen LogP) is 6.46. The summed E-state index contributed by atoms with van der Waals surface area (Å²) in [7, 11) is 0. The van der Waals surface area contributed by atoms with Gasteiger partial charge in [0.05, 0.1) is 23.5 Å². The fraction of sp³-hybridized carbons (Fsp3) is 0.0286. The fourth-order valence-corrected chi connectivity index (χ4v) is 7.02. The van der Waals surface area contributed by atoms with E-state index in [-0.39, 0.29) is 0 Å². The monoisotopic (exact) mass is 530 g/mol. The van der Waals surface area contributed by atoms with Gasteiger partial charge in [0.15, 0.2) is 23.1 Å². The van der Waals surface area contributed by atoms with Crippen molar-refractivity contribution in [1.82, 2.24) is 9.08 Å². The summed E-state index contributed by atoms with van der Waals surface area (Å²) in [6, 6.07) is 37.9. The summed E-state index contributed by atoms with van der Waals surface area (Å²) in [5.41, 5.74) is 8.38. The Morgan fingerprint density at radius 1 is 0.610 bits per heavy atom. The first kappa shape index (κ1) is 21.2. The molecule has 1 atom stereocenters. The lowest BCUT2D eigenvalue weighted by molar-refractivity contribution is -0.997. The molecule has 0 saturated carbocycles. The van der Waals surface area contributed by atoms with Crippen LogP contribution in [0.5, 0.6) is 23.1 Å². The van der Waals surface area contributed by atoms with E-state index in [1.807, 2.05) is 30.3 Å². The van der Waals surface area contributed by atoms with Crippen LogP contribution in [0.2, 0.25) is 0 Å². The zero-order chi connectivity index (χ0) is 26.7. The van der Waals surface area contributed by atoms with E-state index in [1.54, 1.807) is 0 Å². The largest absolute Gasteiger partial charge is 0.455 e. The minimum Gasteiger partial charge on any atom is -0.455 e. The molecule has 0 saturated heterocycles. The van der Waals surface area contributed by atoms with Crippen molar-refractivity contribution in [3.05, 3.63) is 145 Å². The summed E-state index contributed by atoms with van der Waals surface area (Å²) < 4.78 is 22.0. The molecule has 0 amide bonds. The Morgan fingerprint density at radius 3 is 2.29 bits per heavy atom. The number of hydrogen-bond donors (Lipinski definition) is 0. The van der Waals surface area contributed by atoms with Crippen molar-refractivity contribution in [1.29, 1.82) is 0 Å². The highest BCUT2D eigenvalue weighted by Crippen LogP contribution is 2.55. The average molecular weight is 531 g/mol. The summed E-state index contributed by atoms with van der Waals surface area (Å²) in [5, 5.41) is 0. The predicted molar refractivity (Wildman–Crippen MR) is 153 cm³/mol. The molecule has 0 aliphatic carbocycles. The van der Waals surface area contributed by atoms with E-state index >= 15 is 0 Å². The Labute approximate surface area is 235 Å². The summed E-state index contributed by atoms with van der Waals surface area (Å²) in [6.07, 6.45) is 8.70. The number of pyridine rings is 2. The van der Waals surface area contributed by atoms with Gasteiger partial charge in [0.25, 0.3) is 0 Å². The van der Waals surface area contributed by atoms with Crippen molar-refractivity contribution in [2.45, 2.75) is 5.66 Å². The molecule has 1 spiro atoms. The number of ether oxygens (including phenoxy) is 2. The maximum atomic E-state index is 6.50. The van der Waals surface area contributed by atoms with Crippen molar-refractivity contribution in [3.63, 3.8) is 0 Å². The van der Waals surface area contributed by atoms with Crippen molar-refractivity contribution in [3.8, 4) is 51.2 Å². The Hall–Kier alpha value is -5.62. The van der Waals surface area contributed by atoms with E-state index < -0.39 is 5.66 Å². The first-order valence-electron chi connectivity index (χ1n) is 13.8. The van der Waals surface area contributed by atoms with Gasteiger partial charge in [0.2, 0.25) is 6.20 Å². The van der Waals surface area contributed by atoms with Crippen molar-refractivity contribution in [2.24, 2.45) is 0 Å². The van der Waals surface area contributed by atoms with Gasteiger partial charge in [0, 0.05) is 17.8 Å². The van der Waals surface area contributed by atoms with Crippen LogP contribution in [-0.4, -0.2) is 9.08 Å². The molecule has 10 rings (SSSR count). The Morgan fingerprint density at radius 2 is 1.39 bits per heavy atom. The summed E-state index contributed by atoms with van der Waals surface area (Å²) in [4.78, 5) is 0. The first-order chi connectivity index (χ1) is 20.3. The molecule has 6 heteroatoms. The van der Waals surface area contributed by atoms with Crippen LogP contribution >= 0.6 is 0 Å². The molecule has 0 radical (unpaired) electrons. The lowest BCUT2D eigenvalue weighted by Crippen LogP contribution is -2.75. The second-order valence-electron chi connectivity index (χ2n) is 10.8. The van der Waals surface area contributed by atoms with Crippen molar-refractivity contribution >= 4 is 5.52 Å². The van der Waals surface area contributed by atoms with Gasteiger partial charge in [-0.05, 0) is 70.4 Å². The molecule has 3 aliphatic heterocycles. The highest BCUT2D eigenvalue weighted by atomic mass is 16.5. The smallest absolute Gasteiger partial charge is 0.452 e. The van der Waals surface area contributed by atoms with Crippen LogP contribution in [0.3, 0.4) is 0 Å². The molecule has 1 unspecified atom stereocenters. The van der Waals surface area contributed by atoms with E-state index in [0.717, 1.165) is 51.1 Å². The van der Waals surface area contributed by atoms with E-state index in [9.17, 15) is 0 Å². The number of hydrogen-bond acceptors (Lipinski definition) is 2. The van der Waals surface area contributed by atoms with Gasteiger partial charge >= 0.3 is 11.5 Å². The summed E-state index contributed by atoms with van der Waals surface area (Å²) >= 11 is 0. The van der Waals surface area contributed by atoms with Gasteiger partial charge in [0.1, 0.15) is 17.2 Å². The van der Waals surface area contributed by atoms with Crippen LogP contribution in [0.4, 0.5) is 0 Å². The standard InChI is InChI=1S/C35H22N4O2/c1-3-19-36-26(7-1)17-18-27(36)24-15-13-23(14-16-24)25-21-38-28-8-5-9-29-33(28)35(39(38)22-25)34-30(40-29)10-6-11-31(34)41-32-12-2-4-20-37(32)35/h1-22H/q+2. The first-order valence-corrected chi connectivity index (χ1v) is 13.8. The molecule has 3 aliphatic rings. The normalized spacial score (nSPS) is 16.8. The molecule has 7 heterocycles. The molecule has 0 fully saturated rings. The number of fused-ring (bicyclic) bond motifs is 4. The maximum absolute atomic E-state index is 6.50. The lowest BCUT2D eigenvalue weighted by atomic mass is 9.85. The van der Waals surface area contributed by atoms with Crippen LogP contribution in [0.25, 0.3) is 33.6 Å². The number of nitrogens with zero attached hydrogens (tertiary/aromatic N) is 4. The van der Waals surface area contributed by atoms with Gasteiger partial charge in [-0.25, -0.2) is 0 Å². The number of rotatable bonds is 2. The quantitative estimate of drug-likeness (QED) is 0.241. The topological polar surface area (TPSA) is 35.6 Å². The molecule has 192 valence electrons. The maximum Gasteiger partial charge on any atom is 0.452 e. The highest BCUT2D eigenvalue weighted by Gasteiger charge is 2.71. The highest BCUT2D eigenvalue weighted by molar-refractivity contribution is 5.72. The van der Waals surface area contributed by atoms with Crippen molar-refractivity contribution < 1.29 is 18.7 Å². The minimum absolute atomic E-state index is 0.687. The van der Waals surface area contributed by atoms with Crippen LogP contribution in [0, 0.1) is 0 Å². The van der Waals surface area contributed by atoms with Gasteiger partial charge in [-0.2, -0.15) is 0 Å². The Bertz CT molecular complexity index is 2210. The Kier molecular flexibility index (Phi) is 3.79. The number of aromatic nitrogens is 4. The summed E-state index contributed by atoms with van der Waals surface area (Å²) in [6.45, 7) is 0. The molecule has 3 aromatic carbocycles.